The van der Waals surface area contributed by atoms with Crippen molar-refractivity contribution in [3.63, 3.8) is 0 Å². The fourth-order valence-electron chi connectivity index (χ4n) is 1.02. The van der Waals surface area contributed by atoms with Crippen LogP contribution < -0.4 is 0 Å². The largest absolute Gasteiger partial charge is 0.303 e. The van der Waals surface area contributed by atoms with Crippen LogP contribution in [-0.2, 0) is 4.79 Å². The minimum Gasteiger partial charge on any atom is -0.303 e. The van der Waals surface area contributed by atoms with Gasteiger partial charge in [-0.15, -0.1) is 0 Å². The standard InChI is InChI=1S/C11H12O/c1-10-6-2-3-7-11(10)8-4-5-9-12/h2-4,6-9H,5H2,1H3/b8-4+. The summed E-state index contributed by atoms with van der Waals surface area (Å²) in [7, 11) is 0. The normalized spacial score (nSPS) is 10.4. The molecule has 1 nitrogen and oxygen atoms in total. The second kappa shape index (κ2) is 4.50. The number of carbonyl (C=O) groups excluding carboxylic acids is 1. The zero-order valence-electron chi connectivity index (χ0n) is 7.16. The predicted molar refractivity (Wildman–Crippen MR) is 50.9 cm³/mol. The molecule has 0 heterocycles. The molecule has 0 atom stereocenters. The monoisotopic (exact) mass is 160 g/mol. The van der Waals surface area contributed by atoms with E-state index < -0.39 is 0 Å². The molecular formula is C11H12O. The molecule has 62 valence electrons. The first-order chi connectivity index (χ1) is 5.84. The topological polar surface area (TPSA) is 17.1 Å². The maximum Gasteiger partial charge on any atom is 0.123 e. The Hall–Kier alpha value is -1.37. The van der Waals surface area contributed by atoms with Crippen molar-refractivity contribution < 1.29 is 4.79 Å². The summed E-state index contributed by atoms with van der Waals surface area (Å²) in [5, 5.41) is 0. The molecule has 1 aromatic carbocycles. The first-order valence-corrected chi connectivity index (χ1v) is 4.00. The van der Waals surface area contributed by atoms with E-state index in [1.165, 1.54) is 11.1 Å². The van der Waals surface area contributed by atoms with E-state index >= 15 is 0 Å². The van der Waals surface area contributed by atoms with Gasteiger partial charge in [-0.25, -0.2) is 0 Å². The molecule has 0 spiro atoms. The summed E-state index contributed by atoms with van der Waals surface area (Å²) in [6.45, 7) is 2.06. The Bertz CT molecular complexity index is 287. The van der Waals surface area contributed by atoms with Gasteiger partial charge in [0, 0.05) is 6.42 Å². The quantitative estimate of drug-likeness (QED) is 0.621. The van der Waals surface area contributed by atoms with E-state index in [9.17, 15) is 4.79 Å². The fourth-order valence-corrected chi connectivity index (χ4v) is 1.02. The molecule has 0 aromatic heterocycles. The van der Waals surface area contributed by atoms with Gasteiger partial charge in [-0.2, -0.15) is 0 Å². The highest BCUT2D eigenvalue weighted by molar-refractivity contribution is 5.59. The summed E-state index contributed by atoms with van der Waals surface area (Å²) in [5.41, 5.74) is 2.42. The highest BCUT2D eigenvalue weighted by Crippen LogP contribution is 2.08. The van der Waals surface area contributed by atoms with Crippen LogP contribution in [0.5, 0.6) is 0 Å². The van der Waals surface area contributed by atoms with Gasteiger partial charge in [0.1, 0.15) is 6.29 Å². The smallest absolute Gasteiger partial charge is 0.123 e. The molecule has 0 aliphatic carbocycles. The highest BCUT2D eigenvalue weighted by Gasteiger charge is 1.89. The summed E-state index contributed by atoms with van der Waals surface area (Å²) in [5.74, 6) is 0. The molecule has 0 radical (unpaired) electrons. The molecule has 0 amide bonds. The third kappa shape index (κ3) is 2.35. The molecule has 0 saturated heterocycles. The van der Waals surface area contributed by atoms with Crippen LogP contribution >= 0.6 is 0 Å². The molecule has 0 unspecified atom stereocenters. The third-order valence-electron chi connectivity index (χ3n) is 1.72. The van der Waals surface area contributed by atoms with Crippen LogP contribution in [0.4, 0.5) is 0 Å². The van der Waals surface area contributed by atoms with Crippen molar-refractivity contribution in [2.24, 2.45) is 0 Å². The summed E-state index contributed by atoms with van der Waals surface area (Å²) < 4.78 is 0. The Morgan fingerprint density at radius 2 is 2.08 bits per heavy atom. The number of hydrogen-bond acceptors (Lipinski definition) is 1. The van der Waals surface area contributed by atoms with Gasteiger partial charge in [-0.05, 0) is 18.1 Å². The first-order valence-electron chi connectivity index (χ1n) is 4.00. The van der Waals surface area contributed by atoms with E-state index in [1.54, 1.807) is 0 Å². The van der Waals surface area contributed by atoms with Crippen molar-refractivity contribution in [1.29, 1.82) is 0 Å². The lowest BCUT2D eigenvalue weighted by Crippen LogP contribution is -1.77. The first kappa shape index (κ1) is 8.72. The lowest BCUT2D eigenvalue weighted by molar-refractivity contribution is -0.107. The van der Waals surface area contributed by atoms with Gasteiger partial charge in [0.15, 0.2) is 0 Å². The van der Waals surface area contributed by atoms with Crippen LogP contribution in [0.2, 0.25) is 0 Å². The van der Waals surface area contributed by atoms with Crippen molar-refractivity contribution in [3.8, 4) is 0 Å². The highest BCUT2D eigenvalue weighted by atomic mass is 16.1. The molecule has 0 saturated carbocycles. The van der Waals surface area contributed by atoms with Gasteiger partial charge in [-0.3, -0.25) is 0 Å². The van der Waals surface area contributed by atoms with Crippen molar-refractivity contribution in [2.45, 2.75) is 13.3 Å². The predicted octanol–water partition coefficient (Wildman–Crippen LogP) is 2.60. The van der Waals surface area contributed by atoms with E-state index in [1.807, 2.05) is 30.4 Å². The molecule has 0 aliphatic rings. The Labute approximate surface area is 72.7 Å². The SMILES string of the molecule is Cc1ccccc1/C=C/CC=O. The number of aldehydes is 1. The second-order valence-electron chi connectivity index (χ2n) is 2.66. The average Bonchev–Trinajstić information content (AvgIpc) is 2.09. The number of allylic oxidation sites excluding steroid dienone is 1. The lowest BCUT2D eigenvalue weighted by atomic mass is 10.1. The number of benzene rings is 1. The molecule has 0 bridgehead atoms. The maximum absolute atomic E-state index is 10.0. The Balaban J connectivity index is 2.74. The number of rotatable bonds is 3. The number of carbonyl (C=O) groups is 1. The lowest BCUT2D eigenvalue weighted by Gasteiger charge is -1.96. The molecule has 1 aromatic rings. The minimum absolute atomic E-state index is 0.494. The summed E-state index contributed by atoms with van der Waals surface area (Å²) in [6.07, 6.45) is 5.24. The van der Waals surface area contributed by atoms with E-state index in [-0.39, 0.29) is 0 Å². The Morgan fingerprint density at radius 3 is 2.75 bits per heavy atom. The van der Waals surface area contributed by atoms with E-state index in [0.717, 1.165) is 6.29 Å². The van der Waals surface area contributed by atoms with Gasteiger partial charge >= 0.3 is 0 Å². The summed E-state index contributed by atoms with van der Waals surface area (Å²) >= 11 is 0. The van der Waals surface area contributed by atoms with Gasteiger partial charge in [0.05, 0.1) is 0 Å². The van der Waals surface area contributed by atoms with Gasteiger partial charge in [0.25, 0.3) is 0 Å². The van der Waals surface area contributed by atoms with Crippen molar-refractivity contribution in [3.05, 3.63) is 41.5 Å². The molecule has 1 heteroatoms. The molecule has 0 N–H and O–H groups in total. The second-order valence-corrected chi connectivity index (χ2v) is 2.66. The van der Waals surface area contributed by atoms with Crippen LogP contribution in [0.3, 0.4) is 0 Å². The third-order valence-corrected chi connectivity index (χ3v) is 1.72. The van der Waals surface area contributed by atoms with Gasteiger partial charge < -0.3 is 4.79 Å². The van der Waals surface area contributed by atoms with Crippen LogP contribution in [0, 0.1) is 6.92 Å². The Morgan fingerprint density at radius 1 is 1.33 bits per heavy atom. The zero-order chi connectivity index (χ0) is 8.81. The van der Waals surface area contributed by atoms with E-state index in [4.69, 9.17) is 0 Å². The maximum atomic E-state index is 10.0. The summed E-state index contributed by atoms with van der Waals surface area (Å²) in [6, 6.07) is 8.09. The molecular weight excluding hydrogens is 148 g/mol. The minimum atomic E-state index is 0.494. The van der Waals surface area contributed by atoms with Gasteiger partial charge in [0.2, 0.25) is 0 Å². The van der Waals surface area contributed by atoms with Crippen molar-refractivity contribution >= 4 is 12.4 Å². The van der Waals surface area contributed by atoms with E-state index in [2.05, 4.69) is 13.0 Å². The van der Waals surface area contributed by atoms with Crippen molar-refractivity contribution in [1.82, 2.24) is 0 Å². The van der Waals surface area contributed by atoms with Crippen LogP contribution in [0.25, 0.3) is 6.08 Å². The molecule has 0 fully saturated rings. The molecule has 0 aliphatic heterocycles. The fraction of sp³-hybridized carbons (Fsp3) is 0.182. The Kier molecular flexibility index (Phi) is 3.27. The number of aryl methyl sites for hydroxylation is 1. The average molecular weight is 160 g/mol. The van der Waals surface area contributed by atoms with Crippen LogP contribution in [0.1, 0.15) is 17.5 Å². The summed E-state index contributed by atoms with van der Waals surface area (Å²) in [4.78, 5) is 10.0. The number of hydrogen-bond donors (Lipinski definition) is 0. The zero-order valence-corrected chi connectivity index (χ0v) is 7.16. The van der Waals surface area contributed by atoms with Crippen LogP contribution in [-0.4, -0.2) is 6.29 Å². The van der Waals surface area contributed by atoms with E-state index in [0.29, 0.717) is 6.42 Å². The van der Waals surface area contributed by atoms with Crippen molar-refractivity contribution in [2.75, 3.05) is 0 Å². The van der Waals surface area contributed by atoms with Gasteiger partial charge in [-0.1, -0.05) is 36.4 Å². The molecule has 12 heavy (non-hydrogen) atoms. The van der Waals surface area contributed by atoms with Crippen LogP contribution in [0.15, 0.2) is 30.3 Å². The molecule has 1 rings (SSSR count).